The number of anilines is 1. The normalized spacial score (nSPS) is 24.9. The fourth-order valence-corrected chi connectivity index (χ4v) is 4.73. The van der Waals surface area contributed by atoms with Gasteiger partial charge in [-0.1, -0.05) is 82.4 Å². The molecule has 7 heteroatoms. The second kappa shape index (κ2) is 14.2. The molecule has 2 aliphatic heterocycles. The van der Waals surface area contributed by atoms with Gasteiger partial charge in [-0.3, -0.25) is 0 Å². The minimum absolute atomic E-state index is 0.273. The molecule has 3 rings (SSSR count). The standard InChI is InChI=1S/C28H46N2O5/c1-5-6-7-8-9-10-11-12-13-14-19-32-24-23(33-26-25(24)34-28(3,4)35-26)20-29-27(31)30-22-17-15-21(2)16-18-22/h15-18,23-26H,5-14,19-20H2,1-4H3,(H2,29,30,31)/t23-,24+,25-,26-/m1/s1. The molecule has 2 fully saturated rings. The number of amides is 2. The van der Waals surface area contributed by atoms with Gasteiger partial charge in [0, 0.05) is 18.8 Å². The molecule has 2 amide bonds. The van der Waals surface area contributed by atoms with Gasteiger partial charge in [-0.05, 0) is 39.3 Å². The van der Waals surface area contributed by atoms with Crippen molar-refractivity contribution in [1.29, 1.82) is 0 Å². The first-order valence-electron chi connectivity index (χ1n) is 13.6. The monoisotopic (exact) mass is 490 g/mol. The van der Waals surface area contributed by atoms with E-state index in [0.29, 0.717) is 13.2 Å². The van der Waals surface area contributed by atoms with Crippen LogP contribution in [0.3, 0.4) is 0 Å². The van der Waals surface area contributed by atoms with Gasteiger partial charge in [0.25, 0.3) is 0 Å². The number of aryl methyl sites for hydroxylation is 1. The fourth-order valence-electron chi connectivity index (χ4n) is 4.73. The average Bonchev–Trinajstić information content (AvgIpc) is 3.29. The molecule has 198 valence electrons. The molecule has 0 aliphatic carbocycles. The second-order valence-electron chi connectivity index (χ2n) is 10.4. The summed E-state index contributed by atoms with van der Waals surface area (Å²) in [7, 11) is 0. The molecule has 1 aromatic carbocycles. The van der Waals surface area contributed by atoms with E-state index in [2.05, 4.69) is 17.6 Å². The molecule has 0 bridgehead atoms. The molecule has 0 unspecified atom stereocenters. The van der Waals surface area contributed by atoms with E-state index in [0.717, 1.165) is 17.7 Å². The van der Waals surface area contributed by atoms with E-state index >= 15 is 0 Å². The van der Waals surface area contributed by atoms with Crippen LogP contribution >= 0.6 is 0 Å². The highest BCUT2D eigenvalue weighted by atomic mass is 16.8. The van der Waals surface area contributed by atoms with Crippen molar-refractivity contribution >= 4 is 11.7 Å². The zero-order valence-electron chi connectivity index (χ0n) is 22.1. The van der Waals surface area contributed by atoms with Crippen LogP contribution in [0.1, 0.15) is 90.5 Å². The molecule has 2 saturated heterocycles. The number of unbranched alkanes of at least 4 members (excludes halogenated alkanes) is 9. The van der Waals surface area contributed by atoms with Crippen molar-refractivity contribution in [3.63, 3.8) is 0 Å². The van der Waals surface area contributed by atoms with Crippen molar-refractivity contribution < 1.29 is 23.7 Å². The number of rotatable bonds is 15. The molecule has 2 aliphatic rings. The van der Waals surface area contributed by atoms with Gasteiger partial charge in [0.05, 0.1) is 0 Å². The number of ether oxygens (including phenoxy) is 4. The summed E-state index contributed by atoms with van der Waals surface area (Å²) in [6.45, 7) is 9.02. The van der Waals surface area contributed by atoms with E-state index in [1.165, 1.54) is 57.8 Å². The molecular formula is C28H46N2O5. The topological polar surface area (TPSA) is 78.1 Å². The third-order valence-corrected chi connectivity index (χ3v) is 6.67. The Morgan fingerprint density at radius 2 is 1.57 bits per heavy atom. The van der Waals surface area contributed by atoms with Crippen molar-refractivity contribution in [2.75, 3.05) is 18.5 Å². The SMILES string of the molecule is CCCCCCCCCCCCO[C@@H]1[C@H]2OC(C)(C)O[C@H]2O[C@@H]1CNC(=O)Nc1ccc(C)cc1. The molecule has 0 saturated carbocycles. The largest absolute Gasteiger partial charge is 0.373 e. The first-order chi connectivity index (χ1) is 16.9. The van der Waals surface area contributed by atoms with Crippen LogP contribution in [0.5, 0.6) is 0 Å². The molecule has 2 heterocycles. The van der Waals surface area contributed by atoms with Gasteiger partial charge in [0.2, 0.25) is 0 Å². The summed E-state index contributed by atoms with van der Waals surface area (Å²) < 4.78 is 24.3. The van der Waals surface area contributed by atoms with Crippen LogP contribution in [0.25, 0.3) is 0 Å². The Balaban J connectivity index is 1.37. The number of benzene rings is 1. The van der Waals surface area contributed by atoms with Crippen molar-refractivity contribution in [3.05, 3.63) is 29.8 Å². The van der Waals surface area contributed by atoms with E-state index in [-0.39, 0.29) is 24.3 Å². The van der Waals surface area contributed by atoms with Crippen molar-refractivity contribution in [2.24, 2.45) is 0 Å². The van der Waals surface area contributed by atoms with Crippen LogP contribution in [-0.4, -0.2) is 49.6 Å². The maximum atomic E-state index is 12.4. The Labute approximate surface area is 211 Å². The van der Waals surface area contributed by atoms with Gasteiger partial charge in [0.1, 0.15) is 18.3 Å². The predicted octanol–water partition coefficient (Wildman–Crippen LogP) is 6.30. The van der Waals surface area contributed by atoms with E-state index in [4.69, 9.17) is 18.9 Å². The van der Waals surface area contributed by atoms with Crippen molar-refractivity contribution in [2.45, 2.75) is 122 Å². The Hall–Kier alpha value is -1.67. The summed E-state index contributed by atoms with van der Waals surface area (Å²) >= 11 is 0. The summed E-state index contributed by atoms with van der Waals surface area (Å²) in [6, 6.07) is 7.42. The molecule has 1 aromatic rings. The first-order valence-corrected chi connectivity index (χ1v) is 13.6. The van der Waals surface area contributed by atoms with Crippen molar-refractivity contribution in [3.8, 4) is 0 Å². The average molecular weight is 491 g/mol. The Kier molecular flexibility index (Phi) is 11.3. The minimum atomic E-state index is -0.699. The van der Waals surface area contributed by atoms with Crippen LogP contribution < -0.4 is 10.6 Å². The van der Waals surface area contributed by atoms with Crippen LogP contribution in [0.15, 0.2) is 24.3 Å². The highest BCUT2D eigenvalue weighted by Crippen LogP contribution is 2.38. The molecule has 0 radical (unpaired) electrons. The molecule has 0 spiro atoms. The Bertz CT molecular complexity index is 754. The summed E-state index contributed by atoms with van der Waals surface area (Å²) in [4.78, 5) is 12.4. The van der Waals surface area contributed by atoms with Gasteiger partial charge >= 0.3 is 6.03 Å². The van der Waals surface area contributed by atoms with Crippen LogP contribution in [0.2, 0.25) is 0 Å². The summed E-state index contributed by atoms with van der Waals surface area (Å²) in [6.07, 6.45) is 11.5. The summed E-state index contributed by atoms with van der Waals surface area (Å²) in [5, 5.41) is 5.76. The third-order valence-electron chi connectivity index (χ3n) is 6.67. The molecule has 2 N–H and O–H groups in total. The maximum Gasteiger partial charge on any atom is 0.319 e. The Morgan fingerprint density at radius 3 is 2.23 bits per heavy atom. The lowest BCUT2D eigenvalue weighted by molar-refractivity contribution is -0.217. The third kappa shape index (κ3) is 9.37. The summed E-state index contributed by atoms with van der Waals surface area (Å²) in [5.41, 5.74) is 1.90. The van der Waals surface area contributed by atoms with Crippen molar-refractivity contribution in [1.82, 2.24) is 5.32 Å². The van der Waals surface area contributed by atoms with E-state index in [1.54, 1.807) is 0 Å². The predicted molar refractivity (Wildman–Crippen MR) is 138 cm³/mol. The second-order valence-corrected chi connectivity index (χ2v) is 10.4. The number of carbonyl (C=O) groups is 1. The molecule has 7 nitrogen and oxygen atoms in total. The lowest BCUT2D eigenvalue weighted by Gasteiger charge is -2.26. The molecule has 4 atom stereocenters. The maximum absolute atomic E-state index is 12.4. The number of hydrogen-bond acceptors (Lipinski definition) is 5. The van der Waals surface area contributed by atoms with Gasteiger partial charge in [-0.2, -0.15) is 0 Å². The highest BCUT2D eigenvalue weighted by Gasteiger charge is 2.55. The number of urea groups is 1. The number of fused-ring (bicyclic) bond motifs is 1. The minimum Gasteiger partial charge on any atom is -0.373 e. The molecular weight excluding hydrogens is 444 g/mol. The van der Waals surface area contributed by atoms with Crippen LogP contribution in [-0.2, 0) is 18.9 Å². The van der Waals surface area contributed by atoms with Crippen LogP contribution in [0, 0.1) is 6.92 Å². The molecule has 0 aromatic heterocycles. The number of carbonyl (C=O) groups excluding carboxylic acids is 1. The molecule has 35 heavy (non-hydrogen) atoms. The van der Waals surface area contributed by atoms with E-state index < -0.39 is 12.1 Å². The lowest BCUT2D eigenvalue weighted by atomic mass is 10.1. The van der Waals surface area contributed by atoms with E-state index in [1.807, 2.05) is 45.0 Å². The fraction of sp³-hybridized carbons (Fsp3) is 0.750. The van der Waals surface area contributed by atoms with Gasteiger partial charge in [0.15, 0.2) is 12.1 Å². The van der Waals surface area contributed by atoms with E-state index in [9.17, 15) is 4.79 Å². The number of nitrogens with one attached hydrogen (secondary N) is 2. The zero-order chi connectivity index (χ0) is 25.1. The smallest absolute Gasteiger partial charge is 0.319 e. The highest BCUT2D eigenvalue weighted by molar-refractivity contribution is 5.89. The lowest BCUT2D eigenvalue weighted by Crippen LogP contribution is -2.44. The van der Waals surface area contributed by atoms with Gasteiger partial charge in [-0.15, -0.1) is 0 Å². The van der Waals surface area contributed by atoms with Crippen LogP contribution in [0.4, 0.5) is 10.5 Å². The Morgan fingerprint density at radius 1 is 0.943 bits per heavy atom. The van der Waals surface area contributed by atoms with Gasteiger partial charge < -0.3 is 29.6 Å². The first kappa shape index (κ1) is 27.9. The zero-order valence-corrected chi connectivity index (χ0v) is 22.1. The number of hydrogen-bond donors (Lipinski definition) is 2. The summed E-state index contributed by atoms with van der Waals surface area (Å²) in [5.74, 6) is -0.699. The quantitative estimate of drug-likeness (QED) is 0.282. The van der Waals surface area contributed by atoms with Gasteiger partial charge in [-0.25, -0.2) is 4.79 Å².